The SMILES string of the molecule is CCc1ccc(C(=O)[C@H](C([S-])=NCc2ccco2)[n+]2cccc(C)c2)cc1. The van der Waals surface area contributed by atoms with Crippen molar-refractivity contribution >= 4 is 23.5 Å². The fraction of sp³-hybridized carbons (Fsp3) is 0.227. The average Bonchev–Trinajstić information content (AvgIpc) is 3.20. The smallest absolute Gasteiger partial charge is 0.237 e. The number of pyridine rings is 1. The van der Waals surface area contributed by atoms with Crippen LogP contribution < -0.4 is 4.57 Å². The Hall–Kier alpha value is -2.79. The second-order valence-electron chi connectivity index (χ2n) is 6.38. The van der Waals surface area contributed by atoms with Crippen molar-refractivity contribution in [1.29, 1.82) is 0 Å². The molecule has 138 valence electrons. The molecule has 0 aliphatic heterocycles. The summed E-state index contributed by atoms with van der Waals surface area (Å²) >= 11 is 5.55. The van der Waals surface area contributed by atoms with Crippen molar-refractivity contribution in [3.05, 3.63) is 89.6 Å². The lowest BCUT2D eigenvalue weighted by Gasteiger charge is -2.19. The van der Waals surface area contributed by atoms with Crippen LogP contribution in [0.1, 0.15) is 40.2 Å². The number of hydrogen-bond donors (Lipinski definition) is 0. The zero-order valence-electron chi connectivity index (χ0n) is 15.5. The Morgan fingerprint density at radius 2 is 1.96 bits per heavy atom. The Morgan fingerprint density at radius 1 is 1.19 bits per heavy atom. The van der Waals surface area contributed by atoms with Gasteiger partial charge in [-0.05, 0) is 42.2 Å². The van der Waals surface area contributed by atoms with Gasteiger partial charge in [0, 0.05) is 17.2 Å². The summed E-state index contributed by atoms with van der Waals surface area (Å²) in [6.45, 7) is 4.39. The molecular weight excluding hydrogens is 356 g/mol. The Bertz CT molecular complexity index is 931. The summed E-state index contributed by atoms with van der Waals surface area (Å²) in [7, 11) is 0. The number of ketones is 1. The van der Waals surface area contributed by atoms with Gasteiger partial charge in [0.2, 0.25) is 11.8 Å². The zero-order valence-corrected chi connectivity index (χ0v) is 16.3. The minimum absolute atomic E-state index is 0.0681. The molecule has 3 rings (SSSR count). The van der Waals surface area contributed by atoms with Gasteiger partial charge >= 0.3 is 0 Å². The summed E-state index contributed by atoms with van der Waals surface area (Å²) in [5.74, 6) is 0.645. The van der Waals surface area contributed by atoms with E-state index in [1.807, 2.05) is 66.3 Å². The third-order valence-electron chi connectivity index (χ3n) is 4.37. The van der Waals surface area contributed by atoms with Crippen molar-refractivity contribution in [3.63, 3.8) is 0 Å². The molecule has 0 aliphatic carbocycles. The van der Waals surface area contributed by atoms with Gasteiger partial charge in [-0.15, -0.1) is 0 Å². The summed E-state index contributed by atoms with van der Waals surface area (Å²) in [4.78, 5) is 17.7. The highest BCUT2D eigenvalue weighted by Crippen LogP contribution is 2.14. The normalized spacial score (nSPS) is 12.7. The number of aryl methyl sites for hydroxylation is 2. The van der Waals surface area contributed by atoms with E-state index in [2.05, 4.69) is 11.9 Å². The fourth-order valence-corrected chi connectivity index (χ4v) is 3.15. The molecule has 0 N–H and O–H groups in total. The fourth-order valence-electron chi connectivity index (χ4n) is 2.86. The number of benzene rings is 1. The van der Waals surface area contributed by atoms with Crippen molar-refractivity contribution in [3.8, 4) is 0 Å². The molecule has 0 aliphatic rings. The van der Waals surface area contributed by atoms with Crippen molar-refractivity contribution in [2.24, 2.45) is 4.99 Å². The van der Waals surface area contributed by atoms with Crippen LogP contribution >= 0.6 is 0 Å². The molecule has 1 atom stereocenters. The number of Topliss-reactive ketones (excluding diaryl/α,β-unsaturated/α-hetero) is 1. The number of furan rings is 1. The second-order valence-corrected chi connectivity index (χ2v) is 6.80. The zero-order chi connectivity index (χ0) is 19.2. The minimum atomic E-state index is -0.665. The van der Waals surface area contributed by atoms with Crippen LogP contribution in [0.5, 0.6) is 0 Å². The van der Waals surface area contributed by atoms with E-state index in [4.69, 9.17) is 17.0 Å². The highest BCUT2D eigenvalue weighted by molar-refractivity contribution is 7.77. The van der Waals surface area contributed by atoms with Gasteiger partial charge in [-0.25, -0.2) is 0 Å². The standard InChI is InChI=1S/C22H22N2O2S/c1-3-17-8-10-18(11-9-17)21(25)20(24-12-4-6-16(2)15-24)22(27)23-14-19-7-5-13-26-19/h4-13,15,20H,3,14H2,1-2H3/t20-/m1/s1. The van der Waals surface area contributed by atoms with Crippen LogP contribution in [0.4, 0.5) is 0 Å². The van der Waals surface area contributed by atoms with E-state index < -0.39 is 6.04 Å². The molecule has 3 aromatic rings. The molecule has 0 saturated carbocycles. The summed E-state index contributed by atoms with van der Waals surface area (Å²) in [5.41, 5.74) is 2.86. The number of hydrogen-bond acceptors (Lipinski definition) is 4. The number of aliphatic imine (C=N–C) groups is 1. The predicted molar refractivity (Wildman–Crippen MR) is 108 cm³/mol. The van der Waals surface area contributed by atoms with Crippen molar-refractivity contribution in [2.45, 2.75) is 32.9 Å². The summed E-state index contributed by atoms with van der Waals surface area (Å²) in [5, 5.41) is 0.339. The molecule has 0 fully saturated rings. The maximum atomic E-state index is 13.3. The third kappa shape index (κ3) is 4.68. The average molecular weight is 378 g/mol. The lowest BCUT2D eigenvalue weighted by atomic mass is 10.0. The third-order valence-corrected chi connectivity index (χ3v) is 4.72. The van der Waals surface area contributed by atoms with Crippen LogP contribution in [-0.4, -0.2) is 10.8 Å². The number of carbonyl (C=O) groups is 1. The van der Waals surface area contributed by atoms with Crippen LogP contribution in [0.3, 0.4) is 0 Å². The topological polar surface area (TPSA) is 46.5 Å². The van der Waals surface area contributed by atoms with Gasteiger partial charge in [-0.1, -0.05) is 31.2 Å². The van der Waals surface area contributed by atoms with E-state index in [0.717, 1.165) is 12.0 Å². The van der Waals surface area contributed by atoms with Gasteiger partial charge in [0.1, 0.15) is 5.76 Å². The van der Waals surface area contributed by atoms with E-state index in [1.165, 1.54) is 5.56 Å². The minimum Gasteiger partial charge on any atom is -0.758 e. The lowest BCUT2D eigenvalue weighted by Crippen LogP contribution is -2.47. The summed E-state index contributed by atoms with van der Waals surface area (Å²) in [6.07, 6.45) is 6.30. The number of nitrogens with zero attached hydrogens (tertiary/aromatic N) is 2. The molecule has 1 aromatic carbocycles. The Morgan fingerprint density at radius 3 is 2.59 bits per heavy atom. The van der Waals surface area contributed by atoms with E-state index in [9.17, 15) is 4.79 Å². The Balaban J connectivity index is 1.95. The van der Waals surface area contributed by atoms with Crippen LogP contribution in [0, 0.1) is 6.92 Å². The molecule has 0 unspecified atom stereocenters. The van der Waals surface area contributed by atoms with Gasteiger partial charge < -0.3 is 22.0 Å². The summed E-state index contributed by atoms with van der Waals surface area (Å²) in [6, 6.07) is 14.6. The number of rotatable bonds is 7. The first-order valence-corrected chi connectivity index (χ1v) is 9.33. The molecule has 2 aromatic heterocycles. The largest absolute Gasteiger partial charge is 0.758 e. The molecule has 0 spiro atoms. The Kier molecular flexibility index (Phi) is 6.14. The first-order chi connectivity index (χ1) is 13.1. The molecule has 27 heavy (non-hydrogen) atoms. The van der Waals surface area contributed by atoms with Crippen LogP contribution in [0.2, 0.25) is 0 Å². The lowest BCUT2D eigenvalue weighted by molar-refractivity contribution is -0.692. The van der Waals surface area contributed by atoms with E-state index in [-0.39, 0.29) is 5.78 Å². The van der Waals surface area contributed by atoms with Crippen molar-refractivity contribution < 1.29 is 13.8 Å². The van der Waals surface area contributed by atoms with Crippen LogP contribution in [-0.2, 0) is 25.6 Å². The Labute approximate surface area is 165 Å². The highest BCUT2D eigenvalue weighted by Gasteiger charge is 2.28. The monoisotopic (exact) mass is 378 g/mol. The quantitative estimate of drug-likeness (QED) is 0.205. The maximum absolute atomic E-state index is 13.3. The molecule has 0 amide bonds. The second kappa shape index (κ2) is 8.73. The van der Waals surface area contributed by atoms with E-state index in [1.54, 1.807) is 12.3 Å². The first-order valence-electron chi connectivity index (χ1n) is 8.92. The van der Waals surface area contributed by atoms with Gasteiger partial charge in [0.15, 0.2) is 12.4 Å². The van der Waals surface area contributed by atoms with Gasteiger partial charge in [-0.3, -0.25) is 4.79 Å². The number of carbonyl (C=O) groups excluding carboxylic acids is 1. The van der Waals surface area contributed by atoms with Crippen LogP contribution in [0.15, 0.2) is 76.6 Å². The number of aromatic nitrogens is 1. The molecular formula is C22H22N2O2S. The van der Waals surface area contributed by atoms with Gasteiger partial charge in [-0.2, -0.15) is 4.57 Å². The highest BCUT2D eigenvalue weighted by atomic mass is 32.1. The van der Waals surface area contributed by atoms with Crippen LogP contribution in [0.25, 0.3) is 0 Å². The summed E-state index contributed by atoms with van der Waals surface area (Å²) < 4.78 is 7.15. The van der Waals surface area contributed by atoms with Crippen molar-refractivity contribution in [2.75, 3.05) is 0 Å². The first kappa shape index (κ1) is 19.0. The van der Waals surface area contributed by atoms with Gasteiger partial charge in [0.05, 0.1) is 12.8 Å². The molecule has 0 saturated heterocycles. The maximum Gasteiger partial charge on any atom is 0.237 e. The molecule has 4 nitrogen and oxygen atoms in total. The predicted octanol–water partition coefficient (Wildman–Crippen LogP) is 4.01. The van der Waals surface area contributed by atoms with E-state index >= 15 is 0 Å². The van der Waals surface area contributed by atoms with Crippen molar-refractivity contribution in [1.82, 2.24) is 0 Å². The molecule has 0 bridgehead atoms. The molecule has 2 heterocycles. The van der Waals surface area contributed by atoms with E-state index in [0.29, 0.717) is 22.9 Å². The van der Waals surface area contributed by atoms with Gasteiger partial charge in [0.25, 0.3) is 0 Å². The molecule has 0 radical (unpaired) electrons. The molecule has 5 heteroatoms.